The third-order valence-electron chi connectivity index (χ3n) is 6.28. The maximum Gasteiger partial charge on any atom is 0.275 e. The lowest BCUT2D eigenvalue weighted by Crippen LogP contribution is -2.33. The molecule has 0 spiro atoms. The Hall–Kier alpha value is -2.50. The first-order valence-corrected chi connectivity index (χ1v) is 12.7. The lowest BCUT2D eigenvalue weighted by molar-refractivity contribution is 0.102. The summed E-state index contributed by atoms with van der Waals surface area (Å²) in [6.07, 6.45) is 6.16. The van der Waals surface area contributed by atoms with Crippen LogP contribution in [0.2, 0.25) is 0 Å². The molecule has 0 unspecified atom stereocenters. The summed E-state index contributed by atoms with van der Waals surface area (Å²) >= 11 is 1.63. The van der Waals surface area contributed by atoms with E-state index in [1.807, 2.05) is 35.7 Å². The highest BCUT2D eigenvalue weighted by Gasteiger charge is 2.24. The van der Waals surface area contributed by atoms with Crippen molar-refractivity contribution in [1.82, 2.24) is 9.88 Å². The van der Waals surface area contributed by atoms with Crippen LogP contribution in [-0.4, -0.2) is 35.4 Å². The molecule has 1 aromatic heterocycles. The summed E-state index contributed by atoms with van der Waals surface area (Å²) in [5.74, 6) is 0.341. The van der Waals surface area contributed by atoms with Crippen molar-refractivity contribution in [2.75, 3.05) is 25.0 Å². The van der Waals surface area contributed by atoms with Crippen LogP contribution in [0.1, 0.15) is 66.0 Å². The van der Waals surface area contributed by atoms with Gasteiger partial charge in [0.15, 0.2) is 0 Å². The van der Waals surface area contributed by atoms with Gasteiger partial charge in [-0.1, -0.05) is 61.7 Å². The highest BCUT2D eigenvalue weighted by Crippen LogP contribution is 2.32. The van der Waals surface area contributed by atoms with Gasteiger partial charge in [0.05, 0.1) is 5.01 Å². The largest absolute Gasteiger partial charge is 0.320 e. The molecule has 0 aliphatic carbocycles. The zero-order valence-corrected chi connectivity index (χ0v) is 20.0. The van der Waals surface area contributed by atoms with E-state index >= 15 is 0 Å². The van der Waals surface area contributed by atoms with Crippen LogP contribution >= 0.6 is 11.3 Å². The maximum absolute atomic E-state index is 13.0. The Morgan fingerprint density at radius 1 is 1.12 bits per heavy atom. The number of piperidine rings is 1. The molecule has 168 valence electrons. The minimum absolute atomic E-state index is 0.134. The van der Waals surface area contributed by atoms with Crippen molar-refractivity contribution in [1.29, 1.82) is 0 Å². The number of nitrogens with one attached hydrogen (secondary N) is 1. The van der Waals surface area contributed by atoms with Gasteiger partial charge in [0, 0.05) is 22.5 Å². The van der Waals surface area contributed by atoms with Crippen LogP contribution in [0.5, 0.6) is 0 Å². The standard InChI is InChI=1S/C27H33N3OS/c1-3-4-8-15-30-16-13-22(14-17-30)27-29-25(19-32-27)26(31)28-24-12-11-20(2)18-23(24)21-9-6-5-7-10-21/h5-7,9-12,18-19,22H,3-4,8,13-17H2,1-2H3,(H,28,31). The van der Waals surface area contributed by atoms with Gasteiger partial charge in [-0.15, -0.1) is 11.3 Å². The number of aromatic nitrogens is 1. The summed E-state index contributed by atoms with van der Waals surface area (Å²) in [5.41, 5.74) is 4.64. The van der Waals surface area contributed by atoms with Gasteiger partial charge in [0.25, 0.3) is 5.91 Å². The third kappa shape index (κ3) is 5.64. The van der Waals surface area contributed by atoms with E-state index in [1.165, 1.54) is 31.4 Å². The molecular formula is C27H33N3OS. The lowest BCUT2D eigenvalue weighted by Gasteiger charge is -2.30. The molecular weight excluding hydrogens is 414 g/mol. The molecule has 5 heteroatoms. The van der Waals surface area contributed by atoms with Crippen molar-refractivity contribution < 1.29 is 4.79 Å². The van der Waals surface area contributed by atoms with Crippen LogP contribution in [0.15, 0.2) is 53.9 Å². The molecule has 0 saturated carbocycles. The highest BCUT2D eigenvalue weighted by atomic mass is 32.1. The normalized spacial score (nSPS) is 15.1. The number of thiazole rings is 1. The quantitative estimate of drug-likeness (QED) is 0.389. The summed E-state index contributed by atoms with van der Waals surface area (Å²) in [6.45, 7) is 7.81. The van der Waals surface area contributed by atoms with Crippen LogP contribution in [-0.2, 0) is 0 Å². The Morgan fingerprint density at radius 2 is 1.91 bits per heavy atom. The van der Waals surface area contributed by atoms with E-state index in [1.54, 1.807) is 11.3 Å². The second-order valence-electron chi connectivity index (χ2n) is 8.76. The molecule has 1 N–H and O–H groups in total. The maximum atomic E-state index is 13.0. The molecule has 3 aromatic rings. The molecule has 1 aliphatic heterocycles. The number of aryl methyl sites for hydroxylation is 1. The summed E-state index contributed by atoms with van der Waals surface area (Å²) in [7, 11) is 0. The van der Waals surface area contributed by atoms with Crippen LogP contribution in [0.25, 0.3) is 11.1 Å². The molecule has 1 fully saturated rings. The Labute approximate surface area is 195 Å². The summed E-state index contributed by atoms with van der Waals surface area (Å²) in [6, 6.07) is 16.3. The van der Waals surface area contributed by atoms with Crippen molar-refractivity contribution in [3.05, 3.63) is 70.2 Å². The van der Waals surface area contributed by atoms with E-state index in [4.69, 9.17) is 4.98 Å². The molecule has 0 radical (unpaired) electrons. The molecule has 2 heterocycles. The highest BCUT2D eigenvalue weighted by molar-refractivity contribution is 7.10. The van der Waals surface area contributed by atoms with E-state index in [0.29, 0.717) is 11.6 Å². The van der Waals surface area contributed by atoms with E-state index in [9.17, 15) is 4.79 Å². The topological polar surface area (TPSA) is 45.2 Å². The minimum atomic E-state index is -0.134. The number of rotatable bonds is 8. The van der Waals surface area contributed by atoms with Gasteiger partial charge in [-0.25, -0.2) is 4.98 Å². The van der Waals surface area contributed by atoms with Gasteiger partial charge in [-0.3, -0.25) is 4.79 Å². The lowest BCUT2D eigenvalue weighted by atomic mass is 9.97. The van der Waals surface area contributed by atoms with E-state index in [0.717, 1.165) is 47.8 Å². The number of benzene rings is 2. The fraction of sp³-hybridized carbons (Fsp3) is 0.407. The summed E-state index contributed by atoms with van der Waals surface area (Å²) in [5, 5.41) is 6.12. The zero-order valence-electron chi connectivity index (χ0n) is 19.1. The zero-order chi connectivity index (χ0) is 22.3. The van der Waals surface area contributed by atoms with E-state index in [-0.39, 0.29) is 5.91 Å². The number of hydrogen-bond acceptors (Lipinski definition) is 4. The van der Waals surface area contributed by atoms with Gasteiger partial charge >= 0.3 is 0 Å². The first-order valence-electron chi connectivity index (χ1n) is 11.8. The van der Waals surface area contributed by atoms with Gasteiger partial charge in [-0.05, 0) is 63.5 Å². The Kier molecular flexibility index (Phi) is 7.72. The molecule has 0 atom stereocenters. The Morgan fingerprint density at radius 3 is 2.66 bits per heavy atom. The van der Waals surface area contributed by atoms with Gasteiger partial charge in [-0.2, -0.15) is 0 Å². The van der Waals surface area contributed by atoms with E-state index in [2.05, 4.69) is 42.3 Å². The molecule has 0 bridgehead atoms. The number of hydrogen-bond donors (Lipinski definition) is 1. The average molecular weight is 448 g/mol. The van der Waals surface area contributed by atoms with Crippen LogP contribution in [0.3, 0.4) is 0 Å². The van der Waals surface area contributed by atoms with E-state index < -0.39 is 0 Å². The Bertz CT molecular complexity index is 1020. The number of amides is 1. The average Bonchev–Trinajstić information content (AvgIpc) is 3.32. The summed E-state index contributed by atoms with van der Waals surface area (Å²) < 4.78 is 0. The van der Waals surface area contributed by atoms with Crippen molar-refractivity contribution in [3.63, 3.8) is 0 Å². The van der Waals surface area contributed by atoms with Crippen LogP contribution in [0.4, 0.5) is 5.69 Å². The van der Waals surface area contributed by atoms with Crippen molar-refractivity contribution >= 4 is 22.9 Å². The van der Waals surface area contributed by atoms with Crippen molar-refractivity contribution in [2.24, 2.45) is 0 Å². The molecule has 2 aromatic carbocycles. The molecule has 4 nitrogen and oxygen atoms in total. The number of anilines is 1. The monoisotopic (exact) mass is 447 g/mol. The number of nitrogens with zero attached hydrogens (tertiary/aromatic N) is 2. The van der Waals surface area contributed by atoms with Crippen LogP contribution in [0, 0.1) is 6.92 Å². The minimum Gasteiger partial charge on any atom is -0.320 e. The molecule has 1 amide bonds. The number of carbonyl (C=O) groups is 1. The Balaban J connectivity index is 1.40. The fourth-order valence-corrected chi connectivity index (χ4v) is 5.35. The number of carbonyl (C=O) groups excluding carboxylic acids is 1. The molecule has 4 rings (SSSR count). The smallest absolute Gasteiger partial charge is 0.275 e. The van der Waals surface area contributed by atoms with Crippen molar-refractivity contribution in [2.45, 2.75) is 51.9 Å². The molecule has 1 saturated heterocycles. The predicted molar refractivity (Wildman–Crippen MR) is 135 cm³/mol. The molecule has 1 aliphatic rings. The SMILES string of the molecule is CCCCCN1CCC(c2nc(C(=O)Nc3ccc(C)cc3-c3ccccc3)cs2)CC1. The second-order valence-corrected chi connectivity index (χ2v) is 9.65. The second kappa shape index (κ2) is 10.9. The van der Waals surface area contributed by atoms with Crippen LogP contribution < -0.4 is 5.32 Å². The fourth-order valence-electron chi connectivity index (χ4n) is 4.38. The number of unbranched alkanes of at least 4 members (excludes halogenated alkanes) is 2. The first-order chi connectivity index (χ1) is 15.6. The summed E-state index contributed by atoms with van der Waals surface area (Å²) in [4.78, 5) is 20.3. The van der Waals surface area contributed by atoms with Gasteiger partial charge in [0.2, 0.25) is 0 Å². The third-order valence-corrected chi connectivity index (χ3v) is 7.28. The first kappa shape index (κ1) is 22.7. The predicted octanol–water partition coefficient (Wildman–Crippen LogP) is 6.74. The van der Waals surface area contributed by atoms with Gasteiger partial charge in [0.1, 0.15) is 5.69 Å². The van der Waals surface area contributed by atoms with Gasteiger partial charge < -0.3 is 10.2 Å². The number of likely N-dealkylation sites (tertiary alicyclic amines) is 1. The molecule has 32 heavy (non-hydrogen) atoms. The van der Waals surface area contributed by atoms with Crippen molar-refractivity contribution in [3.8, 4) is 11.1 Å².